The lowest BCUT2D eigenvalue weighted by Gasteiger charge is -2.18. The van der Waals surface area contributed by atoms with Crippen molar-refractivity contribution in [3.05, 3.63) is 51.3 Å². The molecular formula is C16H16BrNO. The Hall–Kier alpha value is -1.35. The normalized spacial score (nSPS) is 14.6. The Morgan fingerprint density at radius 1 is 1.16 bits per heavy atom. The Bertz CT molecular complexity index is 646. The highest BCUT2D eigenvalue weighted by atomic mass is 79.9. The molecule has 0 unspecified atom stereocenters. The fourth-order valence-corrected chi connectivity index (χ4v) is 3.70. The molecule has 1 aromatic heterocycles. The van der Waals surface area contributed by atoms with Crippen LogP contribution in [0.2, 0.25) is 0 Å². The molecule has 0 aliphatic heterocycles. The third-order valence-electron chi connectivity index (χ3n) is 3.81. The predicted octanol–water partition coefficient (Wildman–Crippen LogP) is 4.38. The fourth-order valence-electron chi connectivity index (χ4n) is 3.02. The third kappa shape index (κ3) is 2.06. The van der Waals surface area contributed by atoms with Gasteiger partial charge in [-0.2, -0.15) is 0 Å². The number of aromatic nitrogens is 1. The van der Waals surface area contributed by atoms with Crippen molar-refractivity contribution in [2.45, 2.75) is 33.1 Å². The van der Waals surface area contributed by atoms with Crippen LogP contribution in [0.4, 0.5) is 0 Å². The molecule has 0 N–H and O–H groups in total. The van der Waals surface area contributed by atoms with Crippen LogP contribution in [-0.4, -0.2) is 10.4 Å². The van der Waals surface area contributed by atoms with Crippen LogP contribution in [0.3, 0.4) is 0 Å². The summed E-state index contributed by atoms with van der Waals surface area (Å²) in [5, 5.41) is 0. The van der Waals surface area contributed by atoms with Crippen LogP contribution in [0.1, 0.15) is 40.0 Å². The van der Waals surface area contributed by atoms with Gasteiger partial charge in [-0.25, -0.2) is 0 Å². The minimum atomic E-state index is 0.285. The highest BCUT2D eigenvalue weighted by Crippen LogP contribution is 2.30. The van der Waals surface area contributed by atoms with E-state index >= 15 is 0 Å². The molecule has 2 aromatic rings. The van der Waals surface area contributed by atoms with Gasteiger partial charge in [-0.1, -0.05) is 15.9 Å². The smallest absolute Gasteiger partial charge is 0.164 e. The summed E-state index contributed by atoms with van der Waals surface area (Å²) in [6.07, 6.45) is 4.68. The number of fused-ring (bicyclic) bond motifs is 1. The largest absolute Gasteiger partial charge is 0.320 e. The number of benzene rings is 1. The van der Waals surface area contributed by atoms with Crippen molar-refractivity contribution >= 4 is 21.7 Å². The lowest BCUT2D eigenvalue weighted by molar-refractivity contribution is 0.0972. The zero-order valence-corrected chi connectivity index (χ0v) is 12.8. The van der Waals surface area contributed by atoms with Crippen LogP contribution in [-0.2, 0) is 6.42 Å². The first-order valence-electron chi connectivity index (χ1n) is 6.58. The number of carbonyl (C=O) groups excluding carboxylic acids is 1. The number of rotatable bonds is 1. The summed E-state index contributed by atoms with van der Waals surface area (Å²) in [7, 11) is 0. The molecular weight excluding hydrogens is 302 g/mol. The van der Waals surface area contributed by atoms with E-state index in [0.717, 1.165) is 22.9 Å². The topological polar surface area (TPSA) is 22.0 Å². The van der Waals surface area contributed by atoms with Crippen molar-refractivity contribution < 1.29 is 4.79 Å². The van der Waals surface area contributed by atoms with Crippen molar-refractivity contribution in [1.82, 2.24) is 4.57 Å². The van der Waals surface area contributed by atoms with Gasteiger partial charge in [-0.3, -0.25) is 4.79 Å². The quantitative estimate of drug-likeness (QED) is 0.765. The third-order valence-corrected chi connectivity index (χ3v) is 4.26. The number of aryl methyl sites for hydroxylation is 2. The fraction of sp³-hybridized carbons (Fsp3) is 0.312. The minimum Gasteiger partial charge on any atom is -0.320 e. The Morgan fingerprint density at radius 2 is 1.84 bits per heavy atom. The number of Topliss-reactive ketones (excluding diaryl/α,β-unsaturated/α-hetero) is 1. The van der Waals surface area contributed by atoms with Crippen LogP contribution in [0.25, 0.3) is 5.69 Å². The molecule has 1 aromatic carbocycles. The molecule has 0 spiro atoms. The van der Waals surface area contributed by atoms with Gasteiger partial charge in [-0.15, -0.1) is 0 Å². The number of halogens is 1. The first kappa shape index (κ1) is 12.7. The summed E-state index contributed by atoms with van der Waals surface area (Å²) in [5.41, 5.74) is 5.74. The van der Waals surface area contributed by atoms with Gasteiger partial charge in [0.15, 0.2) is 5.78 Å². The van der Waals surface area contributed by atoms with Gasteiger partial charge in [0.25, 0.3) is 0 Å². The summed E-state index contributed by atoms with van der Waals surface area (Å²) in [6.45, 7) is 4.23. The van der Waals surface area contributed by atoms with Crippen LogP contribution in [0.15, 0.2) is 28.9 Å². The van der Waals surface area contributed by atoms with Crippen molar-refractivity contribution in [2.24, 2.45) is 0 Å². The summed E-state index contributed by atoms with van der Waals surface area (Å²) >= 11 is 3.53. The van der Waals surface area contributed by atoms with Crippen LogP contribution in [0, 0.1) is 13.8 Å². The van der Waals surface area contributed by atoms with E-state index in [1.807, 2.05) is 12.3 Å². The van der Waals surface area contributed by atoms with E-state index < -0.39 is 0 Å². The van der Waals surface area contributed by atoms with E-state index in [1.54, 1.807) is 0 Å². The maximum absolute atomic E-state index is 11.9. The summed E-state index contributed by atoms with van der Waals surface area (Å²) < 4.78 is 3.30. The predicted molar refractivity (Wildman–Crippen MR) is 80.2 cm³/mol. The average Bonchev–Trinajstić information content (AvgIpc) is 2.73. The zero-order chi connectivity index (χ0) is 13.6. The first-order chi connectivity index (χ1) is 9.08. The Morgan fingerprint density at radius 3 is 2.53 bits per heavy atom. The van der Waals surface area contributed by atoms with Crippen LogP contribution >= 0.6 is 15.9 Å². The highest BCUT2D eigenvalue weighted by molar-refractivity contribution is 9.10. The van der Waals surface area contributed by atoms with Crippen molar-refractivity contribution in [3.8, 4) is 5.69 Å². The molecule has 3 heteroatoms. The molecule has 0 saturated carbocycles. The maximum atomic E-state index is 11.9. The van der Waals surface area contributed by atoms with Gasteiger partial charge in [-0.05, 0) is 56.0 Å². The lowest BCUT2D eigenvalue weighted by Crippen LogP contribution is -2.13. The maximum Gasteiger partial charge on any atom is 0.164 e. The average molecular weight is 318 g/mol. The Labute approximate surface area is 121 Å². The van der Waals surface area contributed by atoms with E-state index in [2.05, 4.69) is 46.5 Å². The van der Waals surface area contributed by atoms with E-state index in [9.17, 15) is 4.79 Å². The summed E-state index contributed by atoms with van der Waals surface area (Å²) in [6, 6.07) is 6.22. The van der Waals surface area contributed by atoms with Gasteiger partial charge in [0.1, 0.15) is 0 Å². The molecule has 0 saturated heterocycles. The molecule has 19 heavy (non-hydrogen) atoms. The zero-order valence-electron chi connectivity index (χ0n) is 11.2. The highest BCUT2D eigenvalue weighted by Gasteiger charge is 2.22. The van der Waals surface area contributed by atoms with Crippen molar-refractivity contribution in [2.75, 3.05) is 0 Å². The van der Waals surface area contributed by atoms with Gasteiger partial charge >= 0.3 is 0 Å². The van der Waals surface area contributed by atoms with E-state index in [4.69, 9.17) is 0 Å². The van der Waals surface area contributed by atoms with Crippen LogP contribution < -0.4 is 0 Å². The second-order valence-corrected chi connectivity index (χ2v) is 6.13. The first-order valence-corrected chi connectivity index (χ1v) is 7.38. The molecule has 0 fully saturated rings. The van der Waals surface area contributed by atoms with Crippen molar-refractivity contribution in [1.29, 1.82) is 0 Å². The number of ketones is 1. The molecule has 3 rings (SSSR count). The molecule has 1 aliphatic carbocycles. The molecule has 0 amide bonds. The Balaban J connectivity index is 2.21. The van der Waals surface area contributed by atoms with Gasteiger partial charge < -0.3 is 4.57 Å². The second kappa shape index (κ2) is 4.64. The molecule has 0 atom stereocenters. The molecule has 0 bridgehead atoms. The minimum absolute atomic E-state index is 0.285. The van der Waals surface area contributed by atoms with Gasteiger partial charge in [0.05, 0.1) is 5.69 Å². The standard InChI is InChI=1S/C16H16BrNO/c1-10-8-12(17)9-11(2)16(10)18-7-6-13-14(18)4-3-5-15(13)19/h6-9H,3-5H2,1-2H3. The van der Waals surface area contributed by atoms with Crippen LogP contribution in [0.5, 0.6) is 0 Å². The summed E-state index contributed by atoms with van der Waals surface area (Å²) in [4.78, 5) is 11.9. The molecule has 98 valence electrons. The molecule has 1 aliphatic rings. The van der Waals surface area contributed by atoms with E-state index in [-0.39, 0.29) is 5.78 Å². The Kier molecular flexibility index (Phi) is 3.09. The summed E-state index contributed by atoms with van der Waals surface area (Å²) in [5.74, 6) is 0.285. The van der Waals surface area contributed by atoms with E-state index in [0.29, 0.717) is 6.42 Å². The van der Waals surface area contributed by atoms with E-state index in [1.165, 1.54) is 22.5 Å². The number of hydrogen-bond acceptors (Lipinski definition) is 1. The van der Waals surface area contributed by atoms with Gasteiger partial charge in [0, 0.05) is 28.3 Å². The molecule has 2 nitrogen and oxygen atoms in total. The SMILES string of the molecule is Cc1cc(Br)cc(C)c1-n1ccc2c1CCCC2=O. The molecule has 0 radical (unpaired) electrons. The van der Waals surface area contributed by atoms with Crippen molar-refractivity contribution in [3.63, 3.8) is 0 Å². The number of hydrogen-bond donors (Lipinski definition) is 0. The van der Waals surface area contributed by atoms with Gasteiger partial charge in [0.2, 0.25) is 0 Å². The lowest BCUT2D eigenvalue weighted by atomic mass is 9.96. The monoisotopic (exact) mass is 317 g/mol. The number of carbonyl (C=O) groups is 1. The molecule has 1 heterocycles. The number of nitrogens with zero attached hydrogens (tertiary/aromatic N) is 1. The second-order valence-electron chi connectivity index (χ2n) is 5.21.